The standard InChI is InChI=1S/C25H25ClFN3O4S/c1-16-5-7-18(8-6-16)9-12-23-24(17(2)29-34-23)35(32,33)30-13-3-4-19(15-30)25(31)28-22-11-10-20(26)14-21(22)27/h5-12,14,19H,3-4,13,15H2,1-2H3,(H,28,31)/b12-9+/t19-/m0/s1. The predicted octanol–water partition coefficient (Wildman–Crippen LogP) is 5.29. The second-order valence-corrected chi connectivity index (χ2v) is 10.8. The molecule has 1 aliphatic heterocycles. The van der Waals surface area contributed by atoms with Gasteiger partial charge in [-0.2, -0.15) is 4.31 Å². The van der Waals surface area contributed by atoms with E-state index in [1.807, 2.05) is 31.2 Å². The lowest BCUT2D eigenvalue weighted by molar-refractivity contribution is -0.120. The van der Waals surface area contributed by atoms with Gasteiger partial charge in [0.2, 0.25) is 15.9 Å². The summed E-state index contributed by atoms with van der Waals surface area (Å²) in [7, 11) is -3.99. The minimum Gasteiger partial charge on any atom is -0.355 e. The van der Waals surface area contributed by atoms with Crippen LogP contribution in [0.25, 0.3) is 12.2 Å². The highest BCUT2D eigenvalue weighted by Crippen LogP contribution is 2.30. The van der Waals surface area contributed by atoms with E-state index in [9.17, 15) is 17.6 Å². The van der Waals surface area contributed by atoms with Crippen LogP contribution in [0.3, 0.4) is 0 Å². The van der Waals surface area contributed by atoms with Gasteiger partial charge in [-0.25, -0.2) is 12.8 Å². The van der Waals surface area contributed by atoms with Gasteiger partial charge in [0.1, 0.15) is 11.5 Å². The van der Waals surface area contributed by atoms with Crippen molar-refractivity contribution >= 4 is 45.4 Å². The second kappa shape index (κ2) is 10.3. The van der Waals surface area contributed by atoms with Gasteiger partial charge in [-0.3, -0.25) is 4.79 Å². The highest BCUT2D eigenvalue weighted by atomic mass is 35.5. The average molecular weight is 518 g/mol. The minimum atomic E-state index is -3.99. The van der Waals surface area contributed by atoms with E-state index in [-0.39, 0.29) is 40.1 Å². The topological polar surface area (TPSA) is 92.5 Å². The fraction of sp³-hybridized carbons (Fsp3) is 0.280. The van der Waals surface area contributed by atoms with Crippen LogP contribution in [0.15, 0.2) is 51.9 Å². The number of aromatic nitrogens is 1. The number of nitrogens with zero attached hydrogens (tertiary/aromatic N) is 2. The van der Waals surface area contributed by atoms with Gasteiger partial charge in [0.25, 0.3) is 0 Å². The van der Waals surface area contributed by atoms with E-state index >= 15 is 0 Å². The molecule has 184 valence electrons. The van der Waals surface area contributed by atoms with Crippen LogP contribution in [0, 0.1) is 25.6 Å². The van der Waals surface area contributed by atoms with Crippen LogP contribution in [0.1, 0.15) is 35.4 Å². The first-order valence-electron chi connectivity index (χ1n) is 11.1. The van der Waals surface area contributed by atoms with E-state index in [0.29, 0.717) is 12.8 Å². The molecule has 2 aromatic carbocycles. The summed E-state index contributed by atoms with van der Waals surface area (Å²) in [4.78, 5) is 12.8. The number of rotatable bonds is 6. The third kappa shape index (κ3) is 5.63. The zero-order valence-corrected chi connectivity index (χ0v) is 20.9. The molecule has 1 aliphatic rings. The molecule has 7 nitrogen and oxygen atoms in total. The Labute approximate surface area is 208 Å². The van der Waals surface area contributed by atoms with Crippen molar-refractivity contribution in [3.8, 4) is 0 Å². The van der Waals surface area contributed by atoms with E-state index in [1.165, 1.54) is 16.4 Å². The van der Waals surface area contributed by atoms with Crippen molar-refractivity contribution in [2.75, 3.05) is 18.4 Å². The predicted molar refractivity (Wildman–Crippen MR) is 133 cm³/mol. The SMILES string of the molecule is Cc1ccc(/C=C/c2onc(C)c2S(=O)(=O)N2CCC[C@H](C(=O)Nc3ccc(Cl)cc3F)C2)cc1. The summed E-state index contributed by atoms with van der Waals surface area (Å²) in [6, 6.07) is 11.7. The Morgan fingerprint density at radius 3 is 2.66 bits per heavy atom. The number of hydrogen-bond donors (Lipinski definition) is 1. The maximum Gasteiger partial charge on any atom is 0.248 e. The Bertz CT molecular complexity index is 1370. The third-order valence-electron chi connectivity index (χ3n) is 5.88. The number of halogens is 2. The van der Waals surface area contributed by atoms with Crippen LogP contribution < -0.4 is 5.32 Å². The van der Waals surface area contributed by atoms with Gasteiger partial charge < -0.3 is 9.84 Å². The molecule has 0 bridgehead atoms. The number of amides is 1. The molecule has 35 heavy (non-hydrogen) atoms. The van der Waals surface area contributed by atoms with Crippen LogP contribution in [0.2, 0.25) is 5.02 Å². The van der Waals surface area contributed by atoms with Crippen LogP contribution >= 0.6 is 11.6 Å². The monoisotopic (exact) mass is 517 g/mol. The van der Waals surface area contributed by atoms with Crippen LogP contribution in [0.4, 0.5) is 10.1 Å². The number of benzene rings is 2. The Morgan fingerprint density at radius 2 is 1.94 bits per heavy atom. The molecule has 1 saturated heterocycles. The van der Waals surface area contributed by atoms with E-state index in [2.05, 4.69) is 10.5 Å². The average Bonchev–Trinajstić information content (AvgIpc) is 3.21. The first-order chi connectivity index (χ1) is 16.6. The van der Waals surface area contributed by atoms with Gasteiger partial charge in [0.05, 0.1) is 11.6 Å². The molecular formula is C25H25ClFN3O4S. The number of piperidine rings is 1. The molecule has 4 rings (SSSR count). The number of aryl methyl sites for hydroxylation is 2. The number of carbonyl (C=O) groups is 1. The largest absolute Gasteiger partial charge is 0.355 e. The molecule has 0 unspecified atom stereocenters. The maximum absolute atomic E-state index is 14.1. The van der Waals surface area contributed by atoms with E-state index in [1.54, 1.807) is 19.1 Å². The molecular weight excluding hydrogens is 493 g/mol. The Kier molecular flexibility index (Phi) is 7.39. The number of anilines is 1. The number of sulfonamides is 1. The van der Waals surface area contributed by atoms with Gasteiger partial charge >= 0.3 is 0 Å². The number of carbonyl (C=O) groups excluding carboxylic acids is 1. The minimum absolute atomic E-state index is 0.00205. The summed E-state index contributed by atoms with van der Waals surface area (Å²) in [5.74, 6) is -1.62. The Balaban J connectivity index is 1.53. The van der Waals surface area contributed by atoms with Crippen LogP contribution in [-0.2, 0) is 14.8 Å². The molecule has 1 atom stereocenters. The van der Waals surface area contributed by atoms with Crippen molar-refractivity contribution in [3.63, 3.8) is 0 Å². The normalized spacial score (nSPS) is 17.1. The van der Waals surface area contributed by atoms with E-state index < -0.39 is 27.7 Å². The smallest absolute Gasteiger partial charge is 0.248 e. The lowest BCUT2D eigenvalue weighted by Gasteiger charge is -2.31. The zero-order chi connectivity index (χ0) is 25.2. The number of nitrogens with one attached hydrogen (secondary N) is 1. The molecule has 3 aromatic rings. The molecule has 0 aliphatic carbocycles. The maximum atomic E-state index is 14.1. The lowest BCUT2D eigenvalue weighted by Crippen LogP contribution is -2.44. The summed E-state index contributed by atoms with van der Waals surface area (Å²) in [5.41, 5.74) is 2.24. The molecule has 2 heterocycles. The Hall–Kier alpha value is -3.01. The van der Waals surface area contributed by atoms with Crippen molar-refractivity contribution < 1.29 is 22.1 Å². The third-order valence-corrected chi connectivity index (χ3v) is 8.14. The quantitative estimate of drug-likeness (QED) is 0.479. The first kappa shape index (κ1) is 25.1. The molecule has 1 aromatic heterocycles. The molecule has 1 fully saturated rings. The van der Waals surface area contributed by atoms with Crippen molar-refractivity contribution in [1.29, 1.82) is 0 Å². The van der Waals surface area contributed by atoms with E-state index in [4.69, 9.17) is 16.1 Å². The van der Waals surface area contributed by atoms with Crippen LogP contribution in [-0.4, -0.2) is 36.9 Å². The van der Waals surface area contributed by atoms with Gasteiger partial charge in [-0.15, -0.1) is 0 Å². The fourth-order valence-electron chi connectivity index (χ4n) is 3.98. The van der Waals surface area contributed by atoms with Gasteiger partial charge in [-0.05, 0) is 56.5 Å². The number of hydrogen-bond acceptors (Lipinski definition) is 5. The first-order valence-corrected chi connectivity index (χ1v) is 12.9. The molecule has 1 amide bonds. The molecule has 0 saturated carbocycles. The highest BCUT2D eigenvalue weighted by molar-refractivity contribution is 7.89. The van der Waals surface area contributed by atoms with E-state index in [0.717, 1.165) is 17.2 Å². The second-order valence-electron chi connectivity index (χ2n) is 8.52. The van der Waals surface area contributed by atoms with Crippen LogP contribution in [0.5, 0.6) is 0 Å². The van der Waals surface area contributed by atoms with Crippen molar-refractivity contribution in [1.82, 2.24) is 9.46 Å². The molecule has 0 spiro atoms. The fourth-order valence-corrected chi connectivity index (χ4v) is 5.91. The van der Waals surface area contributed by atoms with Gasteiger partial charge in [0, 0.05) is 18.1 Å². The Morgan fingerprint density at radius 1 is 1.20 bits per heavy atom. The van der Waals surface area contributed by atoms with Crippen molar-refractivity contribution in [2.45, 2.75) is 31.6 Å². The van der Waals surface area contributed by atoms with Crippen molar-refractivity contribution in [3.05, 3.63) is 75.9 Å². The lowest BCUT2D eigenvalue weighted by atomic mass is 9.98. The summed E-state index contributed by atoms with van der Waals surface area (Å²) < 4.78 is 47.8. The molecule has 1 N–H and O–H groups in total. The van der Waals surface area contributed by atoms with Gasteiger partial charge in [0.15, 0.2) is 10.7 Å². The van der Waals surface area contributed by atoms with Crippen molar-refractivity contribution in [2.24, 2.45) is 5.92 Å². The summed E-state index contributed by atoms with van der Waals surface area (Å²) in [6.45, 7) is 3.77. The summed E-state index contributed by atoms with van der Waals surface area (Å²) in [6.07, 6.45) is 4.30. The molecule has 0 radical (unpaired) electrons. The summed E-state index contributed by atoms with van der Waals surface area (Å²) in [5, 5.41) is 6.62. The zero-order valence-electron chi connectivity index (χ0n) is 19.3. The van der Waals surface area contributed by atoms with Gasteiger partial charge in [-0.1, -0.05) is 52.7 Å². The summed E-state index contributed by atoms with van der Waals surface area (Å²) >= 11 is 5.77. The highest BCUT2D eigenvalue weighted by Gasteiger charge is 2.37. The molecule has 10 heteroatoms.